The molecule has 19 heavy (non-hydrogen) atoms. The fourth-order valence-electron chi connectivity index (χ4n) is 3.17. The lowest BCUT2D eigenvalue weighted by molar-refractivity contribution is 0.198. The molecule has 0 radical (unpaired) electrons. The van der Waals surface area contributed by atoms with Crippen LogP contribution in [0.2, 0.25) is 0 Å². The van der Waals surface area contributed by atoms with Crippen LogP contribution in [0.1, 0.15) is 56.7 Å². The lowest BCUT2D eigenvalue weighted by Gasteiger charge is -2.26. The number of benzene rings is 1. The van der Waals surface area contributed by atoms with Crippen molar-refractivity contribution in [3.63, 3.8) is 0 Å². The topological polar surface area (TPSA) is 32.3 Å². The first-order valence-corrected chi connectivity index (χ1v) is 7.74. The maximum Gasteiger partial charge on any atom is 0.0474 e. The van der Waals surface area contributed by atoms with E-state index in [4.69, 9.17) is 0 Å². The second kappa shape index (κ2) is 7.06. The number of hydrogen-bond donors (Lipinski definition) is 2. The summed E-state index contributed by atoms with van der Waals surface area (Å²) in [6.07, 6.45) is 5.81. The van der Waals surface area contributed by atoms with E-state index >= 15 is 0 Å². The van der Waals surface area contributed by atoms with E-state index in [9.17, 15) is 5.11 Å². The Hall–Kier alpha value is -0.860. The fourth-order valence-corrected chi connectivity index (χ4v) is 3.17. The average Bonchev–Trinajstić information content (AvgIpc) is 2.92. The summed E-state index contributed by atoms with van der Waals surface area (Å²) in [5.74, 6) is 0.448. The molecule has 3 atom stereocenters. The van der Waals surface area contributed by atoms with Crippen molar-refractivity contribution in [1.29, 1.82) is 0 Å². The van der Waals surface area contributed by atoms with Gasteiger partial charge in [0.15, 0.2) is 0 Å². The first kappa shape index (κ1) is 14.5. The van der Waals surface area contributed by atoms with Crippen molar-refractivity contribution in [1.82, 2.24) is 5.32 Å². The van der Waals surface area contributed by atoms with Gasteiger partial charge in [-0.25, -0.2) is 0 Å². The molecule has 0 aliphatic heterocycles. The number of aliphatic hydroxyl groups is 1. The van der Waals surface area contributed by atoms with Gasteiger partial charge in [-0.1, -0.05) is 44.5 Å². The van der Waals surface area contributed by atoms with Gasteiger partial charge in [-0.2, -0.15) is 0 Å². The summed E-state index contributed by atoms with van der Waals surface area (Å²) >= 11 is 0. The van der Waals surface area contributed by atoms with Gasteiger partial charge in [-0.05, 0) is 42.7 Å². The second-order valence-electron chi connectivity index (χ2n) is 5.70. The molecule has 1 saturated carbocycles. The van der Waals surface area contributed by atoms with Gasteiger partial charge < -0.3 is 10.4 Å². The molecule has 1 aliphatic rings. The Bertz CT molecular complexity index is 373. The van der Waals surface area contributed by atoms with Crippen LogP contribution >= 0.6 is 0 Å². The van der Waals surface area contributed by atoms with Crippen LogP contribution in [0, 0.1) is 5.92 Å². The number of rotatable bonds is 6. The first-order valence-electron chi connectivity index (χ1n) is 7.74. The van der Waals surface area contributed by atoms with E-state index in [0.717, 1.165) is 12.8 Å². The van der Waals surface area contributed by atoms with Crippen LogP contribution in [-0.2, 0) is 6.42 Å². The maximum absolute atomic E-state index is 9.42. The highest BCUT2D eigenvalue weighted by atomic mass is 16.3. The average molecular weight is 261 g/mol. The fraction of sp³-hybridized carbons (Fsp3) is 0.647. The van der Waals surface area contributed by atoms with Gasteiger partial charge >= 0.3 is 0 Å². The van der Waals surface area contributed by atoms with E-state index in [2.05, 4.69) is 43.4 Å². The standard InChI is InChI=1S/C17H27NO/c1-3-13-8-10-14(11-9-13)16(4-2)18-17-7-5-6-15(17)12-19/h8-11,15-19H,3-7,12H2,1-2H3. The van der Waals surface area contributed by atoms with Gasteiger partial charge in [-0.15, -0.1) is 0 Å². The van der Waals surface area contributed by atoms with Crippen molar-refractivity contribution in [2.45, 2.75) is 58.0 Å². The summed E-state index contributed by atoms with van der Waals surface area (Å²) in [4.78, 5) is 0. The molecule has 106 valence electrons. The predicted molar refractivity (Wildman–Crippen MR) is 80.2 cm³/mol. The zero-order chi connectivity index (χ0) is 13.7. The number of aryl methyl sites for hydroxylation is 1. The van der Waals surface area contributed by atoms with Crippen molar-refractivity contribution >= 4 is 0 Å². The molecule has 0 amide bonds. The smallest absolute Gasteiger partial charge is 0.0474 e. The Morgan fingerprint density at radius 3 is 2.53 bits per heavy atom. The lowest BCUT2D eigenvalue weighted by Crippen LogP contribution is -2.36. The predicted octanol–water partition coefficient (Wildman–Crippen LogP) is 3.45. The SMILES string of the molecule is CCc1ccc(C(CC)NC2CCCC2CO)cc1. The van der Waals surface area contributed by atoms with Crippen LogP contribution in [0.15, 0.2) is 24.3 Å². The summed E-state index contributed by atoms with van der Waals surface area (Å²) in [5, 5.41) is 13.2. The normalized spacial score (nSPS) is 24.6. The van der Waals surface area contributed by atoms with Gasteiger partial charge in [-0.3, -0.25) is 0 Å². The molecule has 2 nitrogen and oxygen atoms in total. The Morgan fingerprint density at radius 2 is 1.95 bits per heavy atom. The molecule has 0 spiro atoms. The molecule has 1 aliphatic carbocycles. The molecule has 2 heteroatoms. The van der Waals surface area contributed by atoms with Gasteiger partial charge in [0, 0.05) is 18.7 Å². The largest absolute Gasteiger partial charge is 0.396 e. The van der Waals surface area contributed by atoms with E-state index in [0.29, 0.717) is 24.6 Å². The molecule has 2 rings (SSSR count). The Labute approximate surface area is 117 Å². The van der Waals surface area contributed by atoms with Crippen LogP contribution in [0.25, 0.3) is 0 Å². The molecule has 1 aromatic rings. The molecular weight excluding hydrogens is 234 g/mol. The minimum atomic E-state index is 0.322. The summed E-state index contributed by atoms with van der Waals surface area (Å²) in [6, 6.07) is 9.88. The van der Waals surface area contributed by atoms with Gasteiger partial charge in [0.2, 0.25) is 0 Å². The zero-order valence-electron chi connectivity index (χ0n) is 12.2. The first-order chi connectivity index (χ1) is 9.28. The van der Waals surface area contributed by atoms with Gasteiger partial charge in [0.25, 0.3) is 0 Å². The molecule has 0 saturated heterocycles. The third kappa shape index (κ3) is 3.58. The lowest BCUT2D eigenvalue weighted by atomic mass is 9.98. The third-order valence-corrected chi connectivity index (χ3v) is 4.51. The Kier molecular flexibility index (Phi) is 5.41. The Balaban J connectivity index is 2.02. The number of nitrogens with one attached hydrogen (secondary N) is 1. The summed E-state index contributed by atoms with van der Waals surface area (Å²) in [5.41, 5.74) is 2.77. The minimum Gasteiger partial charge on any atom is -0.396 e. The van der Waals surface area contributed by atoms with Crippen LogP contribution in [0.4, 0.5) is 0 Å². The summed E-state index contributed by atoms with van der Waals surface area (Å²) in [7, 11) is 0. The van der Waals surface area contributed by atoms with Crippen molar-refractivity contribution in [2.75, 3.05) is 6.61 Å². The quantitative estimate of drug-likeness (QED) is 0.822. The van der Waals surface area contributed by atoms with Gasteiger partial charge in [0.05, 0.1) is 0 Å². The number of aliphatic hydroxyl groups excluding tert-OH is 1. The molecule has 0 aromatic heterocycles. The molecule has 0 heterocycles. The van der Waals surface area contributed by atoms with Crippen LogP contribution < -0.4 is 5.32 Å². The van der Waals surface area contributed by atoms with Crippen LogP contribution in [-0.4, -0.2) is 17.8 Å². The zero-order valence-corrected chi connectivity index (χ0v) is 12.2. The van der Waals surface area contributed by atoms with E-state index in [1.165, 1.54) is 30.4 Å². The van der Waals surface area contributed by atoms with Crippen molar-refractivity contribution in [2.24, 2.45) is 5.92 Å². The van der Waals surface area contributed by atoms with Crippen molar-refractivity contribution < 1.29 is 5.11 Å². The van der Waals surface area contributed by atoms with E-state index in [1.807, 2.05) is 0 Å². The highest BCUT2D eigenvalue weighted by Crippen LogP contribution is 2.28. The third-order valence-electron chi connectivity index (χ3n) is 4.51. The molecule has 1 aromatic carbocycles. The molecule has 0 bridgehead atoms. The van der Waals surface area contributed by atoms with E-state index < -0.39 is 0 Å². The highest BCUT2D eigenvalue weighted by molar-refractivity contribution is 5.25. The van der Waals surface area contributed by atoms with Crippen LogP contribution in [0.3, 0.4) is 0 Å². The molecule has 3 unspecified atom stereocenters. The molecular formula is C17H27NO. The minimum absolute atomic E-state index is 0.322. The number of hydrogen-bond acceptors (Lipinski definition) is 2. The highest BCUT2D eigenvalue weighted by Gasteiger charge is 2.28. The van der Waals surface area contributed by atoms with Crippen LogP contribution in [0.5, 0.6) is 0 Å². The summed E-state index contributed by atoms with van der Waals surface area (Å²) < 4.78 is 0. The maximum atomic E-state index is 9.42. The summed E-state index contributed by atoms with van der Waals surface area (Å²) in [6.45, 7) is 4.74. The Morgan fingerprint density at radius 1 is 1.21 bits per heavy atom. The molecule has 2 N–H and O–H groups in total. The van der Waals surface area contributed by atoms with Crippen molar-refractivity contribution in [3.05, 3.63) is 35.4 Å². The monoisotopic (exact) mass is 261 g/mol. The molecule has 1 fully saturated rings. The van der Waals surface area contributed by atoms with E-state index in [1.54, 1.807) is 0 Å². The second-order valence-corrected chi connectivity index (χ2v) is 5.70. The van der Waals surface area contributed by atoms with E-state index in [-0.39, 0.29) is 0 Å². The van der Waals surface area contributed by atoms with Crippen molar-refractivity contribution in [3.8, 4) is 0 Å². The van der Waals surface area contributed by atoms with Gasteiger partial charge in [0.1, 0.15) is 0 Å².